The highest BCUT2D eigenvalue weighted by Crippen LogP contribution is 2.30. The predicted octanol–water partition coefficient (Wildman–Crippen LogP) is 2.19. The second-order valence-electron chi connectivity index (χ2n) is 4.25. The molecule has 0 spiro atoms. The molecule has 0 amide bonds. The first kappa shape index (κ1) is 17.0. The van der Waals surface area contributed by atoms with E-state index in [1.54, 1.807) is 0 Å². The molecule has 0 radical (unpaired) electrons. The van der Waals surface area contributed by atoms with Gasteiger partial charge in [-0.3, -0.25) is 0 Å². The minimum atomic E-state index is -4.60. The van der Waals surface area contributed by atoms with Gasteiger partial charge >= 0.3 is 18.1 Å². The van der Waals surface area contributed by atoms with E-state index in [0.717, 1.165) is 12.1 Å². The van der Waals surface area contributed by atoms with Gasteiger partial charge in [0.1, 0.15) is 0 Å². The molecule has 0 bridgehead atoms. The van der Waals surface area contributed by atoms with E-state index < -0.39 is 35.7 Å². The summed E-state index contributed by atoms with van der Waals surface area (Å²) in [6, 6.07) is 3.82. The number of hydrogen-bond donors (Lipinski definition) is 2. The first-order valence-corrected chi connectivity index (χ1v) is 5.90. The summed E-state index contributed by atoms with van der Waals surface area (Å²) in [5, 5.41) is 18.2. The summed E-state index contributed by atoms with van der Waals surface area (Å²) < 4.78 is 42.6. The van der Waals surface area contributed by atoms with Gasteiger partial charge in [0.05, 0.1) is 5.56 Å². The maximum Gasteiger partial charge on any atom is 0.416 e. The van der Waals surface area contributed by atoms with Crippen LogP contribution in [-0.2, 0) is 26.9 Å². The zero-order valence-corrected chi connectivity index (χ0v) is 11.0. The van der Waals surface area contributed by atoms with E-state index in [1.807, 2.05) is 0 Å². The molecule has 1 aromatic carbocycles. The van der Waals surface area contributed by atoms with Crippen LogP contribution in [0.3, 0.4) is 0 Å². The number of alkyl halides is 3. The van der Waals surface area contributed by atoms with Crippen molar-refractivity contribution in [1.82, 2.24) is 0 Å². The number of rotatable bonds is 6. The molecule has 0 fully saturated rings. The Bertz CT molecular complexity index is 525. The third kappa shape index (κ3) is 3.72. The molecule has 0 aliphatic rings. The normalized spacial score (nSPS) is 12.2. The van der Waals surface area contributed by atoms with Gasteiger partial charge in [-0.1, -0.05) is 18.2 Å². The predicted molar refractivity (Wildman–Crippen MR) is 64.8 cm³/mol. The van der Waals surface area contributed by atoms with Gasteiger partial charge in [0.25, 0.3) is 5.60 Å². The van der Waals surface area contributed by atoms with E-state index in [2.05, 4.69) is 0 Å². The van der Waals surface area contributed by atoms with Crippen molar-refractivity contribution in [3.63, 3.8) is 0 Å². The van der Waals surface area contributed by atoms with Crippen molar-refractivity contribution in [1.29, 1.82) is 0 Å². The first-order chi connectivity index (χ1) is 9.63. The van der Waals surface area contributed by atoms with E-state index in [1.165, 1.54) is 13.0 Å². The second kappa shape index (κ2) is 6.13. The maximum atomic E-state index is 12.6. The first-order valence-electron chi connectivity index (χ1n) is 5.90. The number of halogens is 3. The van der Waals surface area contributed by atoms with Gasteiger partial charge < -0.3 is 14.9 Å². The number of benzene rings is 1. The van der Waals surface area contributed by atoms with E-state index in [-0.39, 0.29) is 12.2 Å². The van der Waals surface area contributed by atoms with E-state index in [9.17, 15) is 22.8 Å². The van der Waals surface area contributed by atoms with Gasteiger partial charge in [-0.2, -0.15) is 13.2 Å². The molecule has 0 aliphatic carbocycles. The average Bonchev–Trinajstić information content (AvgIpc) is 2.37. The van der Waals surface area contributed by atoms with Crippen LogP contribution < -0.4 is 0 Å². The van der Waals surface area contributed by atoms with E-state index >= 15 is 0 Å². The smallest absolute Gasteiger partial charge is 0.416 e. The van der Waals surface area contributed by atoms with E-state index in [4.69, 9.17) is 14.9 Å². The summed E-state index contributed by atoms with van der Waals surface area (Å²) in [5.41, 5.74) is -3.69. The Morgan fingerprint density at radius 2 is 1.76 bits per heavy atom. The molecule has 5 nitrogen and oxygen atoms in total. The maximum absolute atomic E-state index is 12.6. The zero-order chi connectivity index (χ0) is 16.3. The van der Waals surface area contributed by atoms with Gasteiger partial charge in [0, 0.05) is 13.0 Å². The van der Waals surface area contributed by atoms with Crippen LogP contribution >= 0.6 is 0 Å². The summed E-state index contributed by atoms with van der Waals surface area (Å²) in [6.45, 7) is 1.18. The molecule has 116 valence electrons. The highest BCUT2D eigenvalue weighted by molar-refractivity contribution is 6.02. The summed E-state index contributed by atoms with van der Waals surface area (Å²) in [4.78, 5) is 22.4. The number of ether oxygens (including phenoxy) is 1. The van der Waals surface area contributed by atoms with Crippen LogP contribution in [0.5, 0.6) is 0 Å². The standard InChI is InChI=1S/C13H13F3O5/c1-2-21-12(10(17)18,11(19)20)7-8-4-3-5-9(6-8)13(14,15)16/h3-6H,2,7H2,1H3,(H,17,18)(H,19,20). The Balaban J connectivity index is 3.21. The molecule has 2 N–H and O–H groups in total. The Hall–Kier alpha value is -2.09. The van der Waals surface area contributed by atoms with Gasteiger partial charge in [-0.25, -0.2) is 9.59 Å². The second-order valence-corrected chi connectivity index (χ2v) is 4.25. The molecule has 21 heavy (non-hydrogen) atoms. The van der Waals surface area contributed by atoms with Gasteiger partial charge in [-0.15, -0.1) is 0 Å². The van der Waals surface area contributed by atoms with Crippen molar-refractivity contribution >= 4 is 11.9 Å². The molecule has 0 atom stereocenters. The quantitative estimate of drug-likeness (QED) is 0.787. The fourth-order valence-corrected chi connectivity index (χ4v) is 1.81. The molecule has 0 unspecified atom stereocenters. The summed E-state index contributed by atoms with van der Waals surface area (Å²) >= 11 is 0. The third-order valence-corrected chi connectivity index (χ3v) is 2.79. The van der Waals surface area contributed by atoms with Crippen molar-refractivity contribution in [3.8, 4) is 0 Å². The van der Waals surface area contributed by atoms with Gasteiger partial charge in [0.15, 0.2) is 0 Å². The van der Waals surface area contributed by atoms with Crippen molar-refractivity contribution < 1.29 is 37.7 Å². The number of carboxylic acids is 2. The lowest BCUT2D eigenvalue weighted by atomic mass is 9.93. The molecule has 1 aromatic rings. The van der Waals surface area contributed by atoms with Crippen molar-refractivity contribution in [2.75, 3.05) is 6.61 Å². The Morgan fingerprint density at radius 3 is 2.19 bits per heavy atom. The molecule has 8 heteroatoms. The summed E-state index contributed by atoms with van der Waals surface area (Å²) in [5.74, 6) is -3.54. The number of carboxylic acid groups (broad SMARTS) is 2. The van der Waals surface area contributed by atoms with Gasteiger partial charge in [0.2, 0.25) is 0 Å². The lowest BCUT2D eigenvalue weighted by Gasteiger charge is -2.25. The van der Waals surface area contributed by atoms with Crippen LogP contribution in [-0.4, -0.2) is 34.4 Å². The summed E-state index contributed by atoms with van der Waals surface area (Å²) in [6.07, 6.45) is -5.31. The van der Waals surface area contributed by atoms with Crippen molar-refractivity contribution in [2.45, 2.75) is 25.1 Å². The average molecular weight is 306 g/mol. The van der Waals surface area contributed by atoms with Crippen LogP contribution in [0.25, 0.3) is 0 Å². The Labute approximate surface area is 118 Å². The number of aliphatic carboxylic acids is 2. The molecule has 0 aliphatic heterocycles. The Morgan fingerprint density at radius 1 is 1.19 bits per heavy atom. The molecule has 0 aromatic heterocycles. The van der Waals surface area contributed by atoms with E-state index in [0.29, 0.717) is 6.07 Å². The highest BCUT2D eigenvalue weighted by atomic mass is 19.4. The lowest BCUT2D eigenvalue weighted by Crippen LogP contribution is -2.51. The number of carbonyl (C=O) groups is 2. The molecule has 0 saturated heterocycles. The van der Waals surface area contributed by atoms with Crippen molar-refractivity contribution in [3.05, 3.63) is 35.4 Å². The van der Waals surface area contributed by atoms with Gasteiger partial charge in [-0.05, 0) is 18.6 Å². The van der Waals surface area contributed by atoms with Crippen molar-refractivity contribution in [2.24, 2.45) is 0 Å². The largest absolute Gasteiger partial charge is 0.479 e. The zero-order valence-electron chi connectivity index (χ0n) is 11.0. The van der Waals surface area contributed by atoms with Crippen LogP contribution in [0.1, 0.15) is 18.1 Å². The third-order valence-electron chi connectivity index (χ3n) is 2.79. The lowest BCUT2D eigenvalue weighted by molar-refractivity contribution is -0.182. The SMILES string of the molecule is CCOC(Cc1cccc(C(F)(F)F)c1)(C(=O)O)C(=O)O. The summed E-state index contributed by atoms with van der Waals surface area (Å²) in [7, 11) is 0. The molecule has 0 saturated carbocycles. The molecule has 0 heterocycles. The highest BCUT2D eigenvalue weighted by Gasteiger charge is 2.48. The van der Waals surface area contributed by atoms with Crippen LogP contribution in [0.15, 0.2) is 24.3 Å². The topological polar surface area (TPSA) is 83.8 Å². The minimum absolute atomic E-state index is 0.0944. The Kier molecular flexibility index (Phi) is 4.95. The molecular weight excluding hydrogens is 293 g/mol. The molecule has 1 rings (SSSR count). The van der Waals surface area contributed by atoms with Crippen LogP contribution in [0.4, 0.5) is 13.2 Å². The van der Waals surface area contributed by atoms with Crippen LogP contribution in [0.2, 0.25) is 0 Å². The van der Waals surface area contributed by atoms with Crippen LogP contribution in [0, 0.1) is 0 Å². The fourth-order valence-electron chi connectivity index (χ4n) is 1.81. The minimum Gasteiger partial charge on any atom is -0.479 e. The fraction of sp³-hybridized carbons (Fsp3) is 0.385. The monoisotopic (exact) mass is 306 g/mol. The number of hydrogen-bond acceptors (Lipinski definition) is 3. The molecular formula is C13H13F3O5.